The van der Waals surface area contributed by atoms with Crippen LogP contribution in [0.4, 0.5) is 0 Å². The molecule has 0 saturated carbocycles. The number of fused-ring (bicyclic) bond motifs is 1. The molecule has 1 aliphatic heterocycles. The van der Waals surface area contributed by atoms with Crippen molar-refractivity contribution >= 4 is 27.5 Å². The van der Waals surface area contributed by atoms with Crippen LogP contribution >= 0.6 is 11.5 Å². The number of aliphatic hydroxyl groups excluding tert-OH is 4. The zero-order chi connectivity index (χ0) is 20.3. The van der Waals surface area contributed by atoms with Gasteiger partial charge in [-0.15, -0.1) is 0 Å². The first-order valence-corrected chi connectivity index (χ1v) is 9.86. The first-order valence-electron chi connectivity index (χ1n) is 9.09. The van der Waals surface area contributed by atoms with E-state index in [1.807, 2.05) is 12.1 Å². The van der Waals surface area contributed by atoms with E-state index in [-0.39, 0.29) is 18.4 Å². The van der Waals surface area contributed by atoms with Crippen LogP contribution in [-0.2, 0) is 16.1 Å². The van der Waals surface area contributed by atoms with Crippen molar-refractivity contribution in [3.8, 4) is 0 Å². The molecule has 2 heterocycles. The Balaban J connectivity index is 1.54. The Kier molecular flexibility index (Phi) is 6.81. The highest BCUT2D eigenvalue weighted by atomic mass is 32.1. The van der Waals surface area contributed by atoms with Crippen LogP contribution in [0.5, 0.6) is 0 Å². The van der Waals surface area contributed by atoms with Crippen LogP contribution in [0, 0.1) is 0 Å². The van der Waals surface area contributed by atoms with Gasteiger partial charge in [-0.1, -0.05) is 23.7 Å². The molecular formula is C18H24N2O7S. The standard InChI is InChI=1S/C18H24N2O7S/c21-9-13-16(25)11(22)8-12(23)17(27-13)19-15(24)6-3-7-20-18(26)10-4-1-2-5-14(10)28-20/h1-2,4-5,11-13,16-17,21-23,25H,3,6-9H2,(H,19,24). The molecule has 10 heteroatoms. The summed E-state index contributed by atoms with van der Waals surface area (Å²) in [5, 5.41) is 42.2. The number of carbonyl (C=O) groups excluding carboxylic acids is 1. The van der Waals surface area contributed by atoms with Crippen LogP contribution in [0.15, 0.2) is 29.1 Å². The predicted octanol–water partition coefficient (Wildman–Crippen LogP) is -0.851. The van der Waals surface area contributed by atoms with E-state index in [9.17, 15) is 30.0 Å². The normalized spacial score (nSPS) is 28.2. The van der Waals surface area contributed by atoms with E-state index < -0.39 is 43.2 Å². The summed E-state index contributed by atoms with van der Waals surface area (Å²) in [6, 6.07) is 7.31. The van der Waals surface area contributed by atoms with Gasteiger partial charge in [-0.3, -0.25) is 13.5 Å². The van der Waals surface area contributed by atoms with Gasteiger partial charge < -0.3 is 30.5 Å². The molecule has 5 N–H and O–H groups in total. The number of nitrogens with one attached hydrogen (secondary N) is 1. The van der Waals surface area contributed by atoms with Crippen LogP contribution in [0.3, 0.4) is 0 Å². The zero-order valence-electron chi connectivity index (χ0n) is 15.1. The largest absolute Gasteiger partial charge is 0.394 e. The highest BCUT2D eigenvalue weighted by molar-refractivity contribution is 7.13. The van der Waals surface area contributed by atoms with E-state index in [2.05, 4.69) is 5.32 Å². The summed E-state index contributed by atoms with van der Waals surface area (Å²) in [6.07, 6.45) is -5.80. The van der Waals surface area contributed by atoms with E-state index in [1.165, 1.54) is 11.5 Å². The Bertz CT molecular complexity index is 867. The van der Waals surface area contributed by atoms with Crippen LogP contribution in [0.25, 0.3) is 10.1 Å². The number of amides is 1. The van der Waals surface area contributed by atoms with Crippen molar-refractivity contribution in [3.05, 3.63) is 34.6 Å². The van der Waals surface area contributed by atoms with Gasteiger partial charge in [0.2, 0.25) is 5.91 Å². The molecule has 1 aromatic carbocycles. The molecule has 1 aliphatic rings. The number of rotatable bonds is 6. The molecule has 9 nitrogen and oxygen atoms in total. The number of nitrogens with zero attached hydrogens (tertiary/aromatic N) is 1. The van der Waals surface area contributed by atoms with Gasteiger partial charge in [-0.2, -0.15) is 0 Å². The average molecular weight is 412 g/mol. The third-order valence-corrected chi connectivity index (χ3v) is 5.85. The SMILES string of the molecule is O=C(CCCn1sc2ccccc2c1=O)NC1OC(CO)C(O)C(O)CC1O. The van der Waals surface area contributed by atoms with E-state index in [0.29, 0.717) is 18.4 Å². The van der Waals surface area contributed by atoms with Crippen LogP contribution in [0.2, 0.25) is 0 Å². The molecule has 1 saturated heterocycles. The van der Waals surface area contributed by atoms with Gasteiger partial charge >= 0.3 is 0 Å². The van der Waals surface area contributed by atoms with E-state index >= 15 is 0 Å². The topological polar surface area (TPSA) is 141 Å². The molecule has 5 unspecified atom stereocenters. The Hall–Kier alpha value is -1.82. The lowest BCUT2D eigenvalue weighted by molar-refractivity contribution is -0.146. The van der Waals surface area contributed by atoms with Crippen molar-refractivity contribution in [2.45, 2.75) is 56.5 Å². The highest BCUT2D eigenvalue weighted by Gasteiger charge is 2.38. The highest BCUT2D eigenvalue weighted by Crippen LogP contribution is 2.20. The summed E-state index contributed by atoms with van der Waals surface area (Å²) in [4.78, 5) is 24.5. The minimum Gasteiger partial charge on any atom is -0.394 e. The molecule has 0 bridgehead atoms. The Morgan fingerprint density at radius 1 is 1.25 bits per heavy atom. The summed E-state index contributed by atoms with van der Waals surface area (Å²) < 4.78 is 7.84. The molecule has 1 aromatic heterocycles. The Labute approximate surface area is 164 Å². The first-order chi connectivity index (χ1) is 13.4. The maximum absolute atomic E-state index is 12.3. The molecule has 154 valence electrons. The number of hydrogen-bond acceptors (Lipinski definition) is 8. The van der Waals surface area contributed by atoms with Gasteiger partial charge in [0.15, 0.2) is 6.23 Å². The molecule has 0 spiro atoms. The number of aryl methyl sites for hydroxylation is 1. The molecule has 1 fully saturated rings. The lowest BCUT2D eigenvalue weighted by Gasteiger charge is -2.25. The van der Waals surface area contributed by atoms with E-state index in [1.54, 1.807) is 16.1 Å². The van der Waals surface area contributed by atoms with Crippen LogP contribution in [0.1, 0.15) is 19.3 Å². The van der Waals surface area contributed by atoms with Gasteiger partial charge in [-0.05, 0) is 18.6 Å². The number of benzene rings is 1. The summed E-state index contributed by atoms with van der Waals surface area (Å²) in [7, 11) is 0. The monoisotopic (exact) mass is 412 g/mol. The molecule has 1 amide bonds. The molecule has 3 rings (SSSR count). The number of aromatic nitrogens is 1. The number of aliphatic hydroxyl groups is 4. The van der Waals surface area contributed by atoms with Crippen molar-refractivity contribution in [1.82, 2.24) is 9.27 Å². The fourth-order valence-corrected chi connectivity index (χ4v) is 4.21. The quantitative estimate of drug-likeness (QED) is 0.416. The number of carbonyl (C=O) groups is 1. The minimum absolute atomic E-state index is 0.0858. The van der Waals surface area contributed by atoms with Crippen LogP contribution < -0.4 is 10.9 Å². The van der Waals surface area contributed by atoms with Gasteiger partial charge in [-0.25, -0.2) is 0 Å². The Morgan fingerprint density at radius 3 is 2.71 bits per heavy atom. The average Bonchev–Trinajstić information content (AvgIpc) is 2.95. The second-order valence-electron chi connectivity index (χ2n) is 6.80. The summed E-state index contributed by atoms with van der Waals surface area (Å²) in [5.41, 5.74) is -0.0858. The third kappa shape index (κ3) is 4.59. The van der Waals surface area contributed by atoms with Crippen molar-refractivity contribution in [1.29, 1.82) is 0 Å². The molecule has 28 heavy (non-hydrogen) atoms. The predicted molar refractivity (Wildman–Crippen MR) is 102 cm³/mol. The lowest BCUT2D eigenvalue weighted by Crippen LogP contribution is -2.47. The van der Waals surface area contributed by atoms with Crippen molar-refractivity contribution in [2.24, 2.45) is 0 Å². The van der Waals surface area contributed by atoms with Crippen molar-refractivity contribution in [3.63, 3.8) is 0 Å². The van der Waals surface area contributed by atoms with E-state index in [0.717, 1.165) is 4.70 Å². The number of hydrogen-bond donors (Lipinski definition) is 5. The molecule has 2 aromatic rings. The molecule has 0 radical (unpaired) electrons. The lowest BCUT2D eigenvalue weighted by atomic mass is 10.0. The van der Waals surface area contributed by atoms with Crippen molar-refractivity contribution in [2.75, 3.05) is 6.61 Å². The maximum Gasteiger partial charge on any atom is 0.268 e. The van der Waals surface area contributed by atoms with Gasteiger partial charge in [0.1, 0.15) is 18.3 Å². The summed E-state index contributed by atoms with van der Waals surface area (Å²) >= 11 is 1.34. The summed E-state index contributed by atoms with van der Waals surface area (Å²) in [5.74, 6) is -0.402. The van der Waals surface area contributed by atoms with Crippen LogP contribution in [-0.4, -0.2) is 67.5 Å². The molecule has 0 aliphatic carbocycles. The Morgan fingerprint density at radius 2 is 2.00 bits per heavy atom. The number of ether oxygens (including phenoxy) is 1. The second kappa shape index (κ2) is 9.12. The van der Waals surface area contributed by atoms with Gasteiger partial charge in [0, 0.05) is 19.4 Å². The van der Waals surface area contributed by atoms with E-state index in [4.69, 9.17) is 4.74 Å². The smallest absolute Gasteiger partial charge is 0.268 e. The second-order valence-corrected chi connectivity index (χ2v) is 7.87. The maximum atomic E-state index is 12.3. The minimum atomic E-state index is -1.36. The molecular weight excluding hydrogens is 388 g/mol. The van der Waals surface area contributed by atoms with Crippen molar-refractivity contribution < 1.29 is 30.0 Å². The fraction of sp³-hybridized carbons (Fsp3) is 0.556. The summed E-state index contributed by atoms with van der Waals surface area (Å²) in [6.45, 7) is -0.178. The van der Waals surface area contributed by atoms with Gasteiger partial charge in [0.05, 0.1) is 22.8 Å². The first kappa shape index (κ1) is 20.9. The zero-order valence-corrected chi connectivity index (χ0v) is 15.9. The van der Waals surface area contributed by atoms with Gasteiger partial charge in [0.25, 0.3) is 5.56 Å². The molecule has 5 atom stereocenters. The fourth-order valence-electron chi connectivity index (χ4n) is 3.18. The third-order valence-electron chi connectivity index (χ3n) is 4.73.